The Morgan fingerprint density at radius 3 is 2.52 bits per heavy atom. The maximum Gasteiger partial charge on any atom is 0.223 e. The fourth-order valence-electron chi connectivity index (χ4n) is 2.78. The predicted octanol–water partition coefficient (Wildman–Crippen LogP) is 3.33. The van der Waals surface area contributed by atoms with Crippen LogP contribution in [0.25, 0.3) is 0 Å². The van der Waals surface area contributed by atoms with E-state index in [2.05, 4.69) is 41.4 Å². The van der Waals surface area contributed by atoms with Gasteiger partial charge in [-0.15, -0.1) is 0 Å². The van der Waals surface area contributed by atoms with Crippen LogP contribution >= 0.6 is 0 Å². The maximum absolute atomic E-state index is 11.9. The quantitative estimate of drug-likeness (QED) is 0.871. The number of hydrogen-bond acceptors (Lipinski definition) is 2. The van der Waals surface area contributed by atoms with Gasteiger partial charge in [-0.25, -0.2) is 0 Å². The lowest BCUT2D eigenvalue weighted by atomic mass is 10.0. The minimum Gasteiger partial charge on any atom is -0.352 e. The average molecular weight is 288 g/mol. The van der Waals surface area contributed by atoms with E-state index in [1.54, 1.807) is 0 Å². The summed E-state index contributed by atoms with van der Waals surface area (Å²) in [7, 11) is 0. The summed E-state index contributed by atoms with van der Waals surface area (Å²) in [5, 5.41) is 3.07. The first kappa shape index (κ1) is 16.0. The minimum absolute atomic E-state index is 0.0965. The smallest absolute Gasteiger partial charge is 0.223 e. The monoisotopic (exact) mass is 288 g/mol. The van der Waals surface area contributed by atoms with E-state index in [9.17, 15) is 4.79 Å². The van der Waals surface area contributed by atoms with Crippen LogP contribution in [-0.4, -0.2) is 23.9 Å². The summed E-state index contributed by atoms with van der Waals surface area (Å²) in [6, 6.07) is 8.49. The first-order valence-electron chi connectivity index (χ1n) is 8.27. The third-order valence-corrected chi connectivity index (χ3v) is 4.47. The highest BCUT2D eigenvalue weighted by molar-refractivity contribution is 5.78. The molecule has 3 heteroatoms. The Bertz CT molecular complexity index is 452. The van der Waals surface area contributed by atoms with Crippen molar-refractivity contribution in [3.63, 3.8) is 0 Å². The van der Waals surface area contributed by atoms with Crippen molar-refractivity contribution in [3.8, 4) is 0 Å². The van der Waals surface area contributed by atoms with Gasteiger partial charge in [0.15, 0.2) is 0 Å². The number of piperidine rings is 1. The molecule has 3 nitrogen and oxygen atoms in total. The molecule has 1 N–H and O–H groups in total. The largest absolute Gasteiger partial charge is 0.352 e. The highest BCUT2D eigenvalue weighted by atomic mass is 16.1. The zero-order chi connectivity index (χ0) is 15.1. The lowest BCUT2D eigenvalue weighted by Gasteiger charge is -2.27. The standard InChI is InChI=1S/C18H28N2O/c1-3-15(2)18(21)19-13-16-9-5-6-10-17(16)14-20-11-7-4-8-12-20/h5-6,9-10,15H,3-4,7-8,11-14H2,1-2H3,(H,19,21). The molecule has 116 valence electrons. The minimum atomic E-state index is 0.0965. The maximum atomic E-state index is 11.9. The summed E-state index contributed by atoms with van der Waals surface area (Å²) in [6.07, 6.45) is 4.88. The number of hydrogen-bond donors (Lipinski definition) is 1. The van der Waals surface area contributed by atoms with E-state index in [-0.39, 0.29) is 11.8 Å². The van der Waals surface area contributed by atoms with Crippen molar-refractivity contribution >= 4 is 5.91 Å². The van der Waals surface area contributed by atoms with Crippen molar-refractivity contribution in [3.05, 3.63) is 35.4 Å². The van der Waals surface area contributed by atoms with Gasteiger partial charge in [0.25, 0.3) is 0 Å². The third-order valence-electron chi connectivity index (χ3n) is 4.47. The van der Waals surface area contributed by atoms with Crippen LogP contribution in [0.3, 0.4) is 0 Å². The highest BCUT2D eigenvalue weighted by Gasteiger charge is 2.14. The third kappa shape index (κ3) is 4.85. The highest BCUT2D eigenvalue weighted by Crippen LogP contribution is 2.16. The van der Waals surface area contributed by atoms with Crippen molar-refractivity contribution in [2.24, 2.45) is 5.92 Å². The van der Waals surface area contributed by atoms with Gasteiger partial charge in [0.05, 0.1) is 0 Å². The van der Waals surface area contributed by atoms with E-state index < -0.39 is 0 Å². The molecular formula is C18H28N2O. The second-order valence-electron chi connectivity index (χ2n) is 6.13. The summed E-state index contributed by atoms with van der Waals surface area (Å²) in [6.45, 7) is 8.09. The van der Waals surface area contributed by atoms with Gasteiger partial charge in [-0.05, 0) is 43.5 Å². The van der Waals surface area contributed by atoms with Crippen LogP contribution in [0.2, 0.25) is 0 Å². The summed E-state index contributed by atoms with van der Waals surface area (Å²) in [5.41, 5.74) is 2.60. The van der Waals surface area contributed by atoms with Crippen LogP contribution in [0.1, 0.15) is 50.7 Å². The summed E-state index contributed by atoms with van der Waals surface area (Å²) in [4.78, 5) is 14.5. The number of nitrogens with one attached hydrogen (secondary N) is 1. The number of carbonyl (C=O) groups excluding carboxylic acids is 1. The van der Waals surface area contributed by atoms with E-state index in [4.69, 9.17) is 0 Å². The Hall–Kier alpha value is -1.35. The number of rotatable bonds is 6. The van der Waals surface area contributed by atoms with Crippen LogP contribution in [-0.2, 0) is 17.9 Å². The number of likely N-dealkylation sites (tertiary alicyclic amines) is 1. The molecule has 1 atom stereocenters. The van der Waals surface area contributed by atoms with Crippen molar-refractivity contribution in [2.45, 2.75) is 52.6 Å². The second-order valence-corrected chi connectivity index (χ2v) is 6.13. The molecule has 1 aromatic rings. The summed E-state index contributed by atoms with van der Waals surface area (Å²) < 4.78 is 0. The molecular weight excluding hydrogens is 260 g/mol. The molecule has 1 fully saturated rings. The van der Waals surface area contributed by atoms with E-state index in [1.165, 1.54) is 43.5 Å². The van der Waals surface area contributed by atoms with Crippen LogP contribution < -0.4 is 5.32 Å². The first-order chi connectivity index (χ1) is 10.2. The molecule has 21 heavy (non-hydrogen) atoms. The van der Waals surface area contributed by atoms with Crippen molar-refractivity contribution < 1.29 is 4.79 Å². The van der Waals surface area contributed by atoms with Gasteiger partial charge in [-0.2, -0.15) is 0 Å². The molecule has 2 rings (SSSR count). The van der Waals surface area contributed by atoms with E-state index in [0.717, 1.165) is 13.0 Å². The molecule has 1 saturated heterocycles. The number of benzene rings is 1. The lowest BCUT2D eigenvalue weighted by molar-refractivity contribution is -0.124. The van der Waals surface area contributed by atoms with Gasteiger partial charge >= 0.3 is 0 Å². The van der Waals surface area contributed by atoms with Crippen LogP contribution in [0, 0.1) is 5.92 Å². The molecule has 0 spiro atoms. The van der Waals surface area contributed by atoms with Crippen molar-refractivity contribution in [2.75, 3.05) is 13.1 Å². The summed E-state index contributed by atoms with van der Waals surface area (Å²) in [5.74, 6) is 0.254. The average Bonchev–Trinajstić information content (AvgIpc) is 2.54. The molecule has 1 aromatic carbocycles. The topological polar surface area (TPSA) is 32.3 Å². The van der Waals surface area contributed by atoms with E-state index >= 15 is 0 Å². The SMILES string of the molecule is CCC(C)C(=O)NCc1ccccc1CN1CCCCC1. The molecule has 1 amide bonds. The zero-order valence-electron chi connectivity index (χ0n) is 13.4. The zero-order valence-corrected chi connectivity index (χ0v) is 13.4. The molecule has 1 aliphatic heterocycles. The van der Waals surface area contributed by atoms with Gasteiger partial charge in [0, 0.05) is 19.0 Å². The first-order valence-corrected chi connectivity index (χ1v) is 8.27. The van der Waals surface area contributed by atoms with E-state index in [0.29, 0.717) is 6.54 Å². The molecule has 0 radical (unpaired) electrons. The van der Waals surface area contributed by atoms with Gasteiger partial charge in [-0.1, -0.05) is 44.5 Å². The van der Waals surface area contributed by atoms with Gasteiger partial charge in [0.2, 0.25) is 5.91 Å². The Kier molecular flexibility index (Phi) is 6.24. The van der Waals surface area contributed by atoms with Gasteiger partial charge < -0.3 is 5.32 Å². The van der Waals surface area contributed by atoms with Gasteiger partial charge in [0.1, 0.15) is 0 Å². The molecule has 0 bridgehead atoms. The number of carbonyl (C=O) groups is 1. The molecule has 0 saturated carbocycles. The molecule has 0 aromatic heterocycles. The fourth-order valence-corrected chi connectivity index (χ4v) is 2.78. The molecule has 0 aliphatic carbocycles. The van der Waals surface area contributed by atoms with Crippen molar-refractivity contribution in [1.29, 1.82) is 0 Å². The Morgan fingerprint density at radius 2 is 1.86 bits per heavy atom. The predicted molar refractivity (Wildman–Crippen MR) is 86.9 cm³/mol. The second kappa shape index (κ2) is 8.18. The lowest BCUT2D eigenvalue weighted by Crippen LogP contribution is -2.31. The Morgan fingerprint density at radius 1 is 1.19 bits per heavy atom. The Balaban J connectivity index is 1.94. The Labute approximate surface area is 128 Å². The summed E-state index contributed by atoms with van der Waals surface area (Å²) >= 11 is 0. The van der Waals surface area contributed by atoms with E-state index in [1.807, 2.05) is 6.92 Å². The fraction of sp³-hybridized carbons (Fsp3) is 0.611. The normalized spacial score (nSPS) is 17.4. The molecule has 1 unspecified atom stereocenters. The molecule has 1 aliphatic rings. The van der Waals surface area contributed by atoms with Crippen LogP contribution in [0.4, 0.5) is 0 Å². The van der Waals surface area contributed by atoms with Crippen LogP contribution in [0.15, 0.2) is 24.3 Å². The van der Waals surface area contributed by atoms with Crippen molar-refractivity contribution in [1.82, 2.24) is 10.2 Å². The number of nitrogens with zero attached hydrogens (tertiary/aromatic N) is 1. The number of amides is 1. The molecule has 1 heterocycles. The van der Waals surface area contributed by atoms with Gasteiger partial charge in [-0.3, -0.25) is 9.69 Å². The van der Waals surface area contributed by atoms with Crippen LogP contribution in [0.5, 0.6) is 0 Å².